The normalized spacial score (nSPS) is 14.4. The smallest absolute Gasteiger partial charge is 0.407 e. The highest BCUT2D eigenvalue weighted by Crippen LogP contribution is 2.13. The summed E-state index contributed by atoms with van der Waals surface area (Å²) in [6.45, 7) is 12.3. The summed E-state index contributed by atoms with van der Waals surface area (Å²) in [7, 11) is 0. The Morgan fingerprint density at radius 2 is 1.76 bits per heavy atom. The minimum absolute atomic E-state index is 0.161. The third-order valence-corrected chi connectivity index (χ3v) is 3.06. The first-order valence-electron chi connectivity index (χ1n) is 7.47. The predicted octanol–water partition coefficient (Wildman–Crippen LogP) is 3.56. The van der Waals surface area contributed by atoms with Crippen LogP contribution in [0.3, 0.4) is 0 Å². The second-order valence-electron chi connectivity index (χ2n) is 6.58. The Labute approximate surface area is 128 Å². The number of hydrogen-bond donors (Lipinski definition) is 2. The van der Waals surface area contributed by atoms with E-state index < -0.39 is 5.60 Å². The van der Waals surface area contributed by atoms with Crippen LogP contribution in [0, 0.1) is 6.92 Å². The second kappa shape index (κ2) is 7.46. The maximum atomic E-state index is 11.6. The summed E-state index contributed by atoms with van der Waals surface area (Å²) in [5.41, 5.74) is 2.03. The monoisotopic (exact) mass is 292 g/mol. The Morgan fingerprint density at radius 3 is 2.29 bits per heavy atom. The third kappa shape index (κ3) is 7.14. The van der Waals surface area contributed by atoms with Crippen molar-refractivity contribution in [2.75, 3.05) is 6.54 Å². The number of carbonyl (C=O) groups excluding carboxylic acids is 1. The van der Waals surface area contributed by atoms with Gasteiger partial charge in [0, 0.05) is 18.6 Å². The molecule has 0 spiro atoms. The summed E-state index contributed by atoms with van der Waals surface area (Å²) >= 11 is 0. The van der Waals surface area contributed by atoms with E-state index in [9.17, 15) is 4.79 Å². The molecular weight excluding hydrogens is 264 g/mol. The second-order valence-corrected chi connectivity index (χ2v) is 6.58. The van der Waals surface area contributed by atoms with Crippen LogP contribution in [0.5, 0.6) is 0 Å². The van der Waals surface area contributed by atoms with Crippen LogP contribution in [-0.4, -0.2) is 24.3 Å². The highest BCUT2D eigenvalue weighted by molar-refractivity contribution is 5.67. The number of nitrogens with one attached hydrogen (secondary N) is 2. The van der Waals surface area contributed by atoms with Gasteiger partial charge in [-0.25, -0.2) is 4.79 Å². The SMILES string of the molecule is Cc1ccc(C(C)NC(C)CNC(=O)OC(C)(C)C)cc1. The lowest BCUT2D eigenvalue weighted by Crippen LogP contribution is -2.41. The van der Waals surface area contributed by atoms with Crippen LogP contribution in [0.25, 0.3) is 0 Å². The van der Waals surface area contributed by atoms with Crippen LogP contribution < -0.4 is 10.6 Å². The molecule has 1 aromatic carbocycles. The van der Waals surface area contributed by atoms with Crippen LogP contribution >= 0.6 is 0 Å². The van der Waals surface area contributed by atoms with Gasteiger partial charge in [0.25, 0.3) is 0 Å². The van der Waals surface area contributed by atoms with Gasteiger partial charge in [-0.1, -0.05) is 29.8 Å². The molecule has 0 bridgehead atoms. The van der Waals surface area contributed by atoms with Gasteiger partial charge in [0.2, 0.25) is 0 Å². The van der Waals surface area contributed by atoms with Crippen molar-refractivity contribution in [2.24, 2.45) is 0 Å². The van der Waals surface area contributed by atoms with E-state index in [0.29, 0.717) is 6.54 Å². The van der Waals surface area contributed by atoms with Crippen LogP contribution in [0.15, 0.2) is 24.3 Å². The van der Waals surface area contributed by atoms with Crippen molar-refractivity contribution in [2.45, 2.75) is 59.2 Å². The van der Waals surface area contributed by atoms with Gasteiger partial charge in [0.1, 0.15) is 5.60 Å². The number of rotatable bonds is 5. The molecule has 0 saturated carbocycles. The quantitative estimate of drug-likeness (QED) is 0.872. The molecule has 2 atom stereocenters. The number of alkyl carbamates (subject to hydrolysis) is 1. The van der Waals surface area contributed by atoms with E-state index >= 15 is 0 Å². The molecule has 4 nitrogen and oxygen atoms in total. The average Bonchev–Trinajstić information content (AvgIpc) is 2.35. The zero-order valence-corrected chi connectivity index (χ0v) is 14.0. The van der Waals surface area contributed by atoms with Crippen LogP contribution in [-0.2, 0) is 4.74 Å². The molecule has 0 aromatic heterocycles. The number of aryl methyl sites for hydroxylation is 1. The number of benzene rings is 1. The van der Waals surface area contributed by atoms with Gasteiger partial charge in [-0.15, -0.1) is 0 Å². The molecular formula is C17H28N2O2. The van der Waals surface area contributed by atoms with E-state index in [4.69, 9.17) is 4.74 Å². The molecule has 1 rings (SSSR count). The Hall–Kier alpha value is -1.55. The van der Waals surface area contributed by atoms with Gasteiger partial charge in [0.15, 0.2) is 0 Å². The van der Waals surface area contributed by atoms with Crippen LogP contribution in [0.4, 0.5) is 4.79 Å². The summed E-state index contributed by atoms with van der Waals surface area (Å²) in [5.74, 6) is 0. The lowest BCUT2D eigenvalue weighted by molar-refractivity contribution is 0.0522. The first-order chi connectivity index (χ1) is 9.67. The van der Waals surface area contributed by atoms with Crippen molar-refractivity contribution in [1.82, 2.24) is 10.6 Å². The molecule has 0 heterocycles. The van der Waals surface area contributed by atoms with E-state index in [1.54, 1.807) is 0 Å². The number of amides is 1. The summed E-state index contributed by atoms with van der Waals surface area (Å²) < 4.78 is 5.21. The zero-order chi connectivity index (χ0) is 16.0. The van der Waals surface area contributed by atoms with Gasteiger partial charge in [-0.3, -0.25) is 0 Å². The van der Waals surface area contributed by atoms with Crippen molar-refractivity contribution in [1.29, 1.82) is 0 Å². The lowest BCUT2D eigenvalue weighted by atomic mass is 10.1. The Bertz CT molecular complexity index is 449. The average molecular weight is 292 g/mol. The molecule has 2 unspecified atom stereocenters. The molecule has 0 fully saturated rings. The number of carbonyl (C=O) groups is 1. The topological polar surface area (TPSA) is 50.4 Å². The molecule has 0 radical (unpaired) electrons. The molecule has 0 saturated heterocycles. The molecule has 21 heavy (non-hydrogen) atoms. The van der Waals surface area contributed by atoms with Gasteiger partial charge < -0.3 is 15.4 Å². The van der Waals surface area contributed by atoms with Crippen molar-refractivity contribution >= 4 is 6.09 Å². The Kier molecular flexibility index (Phi) is 6.21. The van der Waals surface area contributed by atoms with Gasteiger partial charge in [0.05, 0.1) is 0 Å². The molecule has 4 heteroatoms. The fourth-order valence-corrected chi connectivity index (χ4v) is 1.99. The Morgan fingerprint density at radius 1 is 1.19 bits per heavy atom. The number of ether oxygens (including phenoxy) is 1. The molecule has 0 aliphatic heterocycles. The van der Waals surface area contributed by atoms with E-state index in [-0.39, 0.29) is 18.2 Å². The lowest BCUT2D eigenvalue weighted by Gasteiger charge is -2.23. The van der Waals surface area contributed by atoms with Crippen LogP contribution in [0.2, 0.25) is 0 Å². The maximum Gasteiger partial charge on any atom is 0.407 e. The molecule has 0 aliphatic carbocycles. The summed E-state index contributed by atoms with van der Waals surface area (Å²) in [6.07, 6.45) is -0.376. The summed E-state index contributed by atoms with van der Waals surface area (Å²) in [4.78, 5) is 11.6. The number of hydrogen-bond acceptors (Lipinski definition) is 3. The minimum atomic E-state index is -0.462. The van der Waals surface area contributed by atoms with Gasteiger partial charge in [-0.05, 0) is 47.1 Å². The molecule has 0 aliphatic rings. The fourth-order valence-electron chi connectivity index (χ4n) is 1.99. The Balaban J connectivity index is 2.38. The van der Waals surface area contributed by atoms with E-state index in [1.807, 2.05) is 27.7 Å². The van der Waals surface area contributed by atoms with Crippen molar-refractivity contribution in [3.8, 4) is 0 Å². The summed E-state index contributed by atoms with van der Waals surface area (Å²) in [5, 5.41) is 6.24. The third-order valence-electron chi connectivity index (χ3n) is 3.06. The molecule has 118 valence electrons. The van der Waals surface area contributed by atoms with Crippen LogP contribution in [0.1, 0.15) is 51.8 Å². The van der Waals surface area contributed by atoms with Crippen molar-refractivity contribution in [3.05, 3.63) is 35.4 Å². The molecule has 1 aromatic rings. The first kappa shape index (κ1) is 17.5. The molecule has 2 N–H and O–H groups in total. The van der Waals surface area contributed by atoms with Gasteiger partial charge in [-0.2, -0.15) is 0 Å². The largest absolute Gasteiger partial charge is 0.444 e. The highest BCUT2D eigenvalue weighted by atomic mass is 16.6. The highest BCUT2D eigenvalue weighted by Gasteiger charge is 2.17. The predicted molar refractivity (Wildman–Crippen MR) is 86.4 cm³/mol. The van der Waals surface area contributed by atoms with Crippen molar-refractivity contribution < 1.29 is 9.53 Å². The van der Waals surface area contributed by atoms with E-state index in [1.165, 1.54) is 11.1 Å². The summed E-state index contributed by atoms with van der Waals surface area (Å²) in [6, 6.07) is 8.87. The zero-order valence-electron chi connectivity index (χ0n) is 14.0. The van der Waals surface area contributed by atoms with Gasteiger partial charge >= 0.3 is 6.09 Å². The molecule has 1 amide bonds. The maximum absolute atomic E-state index is 11.6. The standard InChI is InChI=1S/C17H28N2O2/c1-12-7-9-15(10-8-12)14(3)19-13(2)11-18-16(20)21-17(4,5)6/h7-10,13-14,19H,11H2,1-6H3,(H,18,20). The van der Waals surface area contributed by atoms with E-state index in [0.717, 1.165) is 0 Å². The minimum Gasteiger partial charge on any atom is -0.444 e. The van der Waals surface area contributed by atoms with Crippen molar-refractivity contribution in [3.63, 3.8) is 0 Å². The van der Waals surface area contributed by atoms with E-state index in [2.05, 4.69) is 48.7 Å². The fraction of sp³-hybridized carbons (Fsp3) is 0.588. The first-order valence-corrected chi connectivity index (χ1v) is 7.47.